The van der Waals surface area contributed by atoms with Crippen molar-refractivity contribution in [1.29, 1.82) is 0 Å². The minimum atomic E-state index is -1.82. The number of aromatic nitrogens is 2. The Balaban J connectivity index is 0.000000840. The molecule has 2 atom stereocenters. The Morgan fingerprint density at radius 2 is 1.77 bits per heavy atom. The standard InChI is InChI=1S/C23H34FN5O5.C2H2O4/c1-15(2)21-26-23(34-27-21)29-9-7-28(8-10-29)16(3)6-11-33-18-4-5-19(20(24)12-18)22(32)25-13-17(31)14-30;3-1(4)2(5)6/h4-5,12,15-17,30-31H,6-11,13-14H2,1-3H3,(H,25,32);(H,3,4)(H,5,6)/t16-,17+;/m0./s1. The zero-order chi connectivity index (χ0) is 29.8. The van der Waals surface area contributed by atoms with Crippen molar-refractivity contribution < 1.29 is 48.5 Å². The number of ether oxygens (including phenoxy) is 1. The number of rotatable bonds is 11. The van der Waals surface area contributed by atoms with Crippen LogP contribution in [0.25, 0.3) is 0 Å². The second-order valence-electron chi connectivity index (χ2n) is 9.40. The summed E-state index contributed by atoms with van der Waals surface area (Å²) in [5.41, 5.74) is -0.148. The van der Waals surface area contributed by atoms with E-state index in [-0.39, 0.29) is 24.1 Å². The predicted molar refractivity (Wildman–Crippen MR) is 139 cm³/mol. The normalized spacial score (nSPS) is 15.1. The number of hydrogen-bond donors (Lipinski definition) is 5. The fourth-order valence-corrected chi connectivity index (χ4v) is 3.61. The molecule has 1 aliphatic rings. The molecule has 1 fully saturated rings. The number of amides is 1. The van der Waals surface area contributed by atoms with Crippen LogP contribution in [-0.4, -0.2) is 111 Å². The van der Waals surface area contributed by atoms with Gasteiger partial charge in [-0.25, -0.2) is 14.0 Å². The molecule has 0 radical (unpaired) electrons. The van der Waals surface area contributed by atoms with E-state index in [4.69, 9.17) is 34.2 Å². The second kappa shape index (κ2) is 15.7. The number of hydrogen-bond acceptors (Lipinski definition) is 11. The molecule has 1 aromatic heterocycles. The smallest absolute Gasteiger partial charge is 0.414 e. The third-order valence-electron chi connectivity index (χ3n) is 6.04. The molecule has 1 aromatic carbocycles. The SMILES string of the molecule is CC(C)c1noc(N2CCN([C@@H](C)CCOc3ccc(C(=O)NC[C@@H](O)CO)c(F)c3)CC2)n1.O=C(O)C(=O)O. The number of nitrogens with one attached hydrogen (secondary N) is 1. The van der Waals surface area contributed by atoms with Crippen LogP contribution in [0.3, 0.4) is 0 Å². The Kier molecular flexibility index (Phi) is 12.7. The van der Waals surface area contributed by atoms with E-state index in [2.05, 4.69) is 32.2 Å². The maximum atomic E-state index is 14.3. The summed E-state index contributed by atoms with van der Waals surface area (Å²) in [5, 5.41) is 39.3. The summed E-state index contributed by atoms with van der Waals surface area (Å²) in [4.78, 5) is 39.1. The number of carboxylic acid groups (broad SMARTS) is 2. The van der Waals surface area contributed by atoms with Crippen LogP contribution in [0.2, 0.25) is 0 Å². The number of anilines is 1. The molecule has 3 rings (SSSR count). The number of aliphatic carboxylic acids is 2. The van der Waals surface area contributed by atoms with Crippen LogP contribution in [0.1, 0.15) is 49.3 Å². The predicted octanol–water partition coefficient (Wildman–Crippen LogP) is 0.550. The van der Waals surface area contributed by atoms with Crippen molar-refractivity contribution in [3.8, 4) is 5.75 Å². The van der Waals surface area contributed by atoms with E-state index in [1.165, 1.54) is 12.1 Å². The lowest BCUT2D eigenvalue weighted by Gasteiger charge is -2.37. The second-order valence-corrected chi connectivity index (χ2v) is 9.40. The molecule has 5 N–H and O–H groups in total. The lowest BCUT2D eigenvalue weighted by molar-refractivity contribution is -0.159. The highest BCUT2D eigenvalue weighted by Gasteiger charge is 2.25. The van der Waals surface area contributed by atoms with Crippen LogP contribution in [-0.2, 0) is 9.59 Å². The van der Waals surface area contributed by atoms with Crippen molar-refractivity contribution in [2.75, 3.05) is 50.8 Å². The molecule has 1 amide bonds. The maximum Gasteiger partial charge on any atom is 0.414 e. The van der Waals surface area contributed by atoms with Gasteiger partial charge in [0.05, 0.1) is 24.9 Å². The Morgan fingerprint density at radius 1 is 1.12 bits per heavy atom. The molecule has 1 aliphatic heterocycles. The van der Waals surface area contributed by atoms with E-state index in [0.717, 1.165) is 32.6 Å². The van der Waals surface area contributed by atoms with Crippen molar-refractivity contribution >= 4 is 23.9 Å². The van der Waals surface area contributed by atoms with Gasteiger partial charge in [0.15, 0.2) is 5.82 Å². The van der Waals surface area contributed by atoms with E-state index < -0.39 is 36.4 Å². The molecule has 2 aromatic rings. The third-order valence-corrected chi connectivity index (χ3v) is 6.04. The van der Waals surface area contributed by atoms with Gasteiger partial charge in [-0.15, -0.1) is 0 Å². The fourth-order valence-electron chi connectivity index (χ4n) is 3.61. The van der Waals surface area contributed by atoms with Gasteiger partial charge in [-0.3, -0.25) is 9.69 Å². The van der Waals surface area contributed by atoms with E-state index in [1.54, 1.807) is 6.07 Å². The molecule has 0 spiro atoms. The molecule has 0 aliphatic carbocycles. The largest absolute Gasteiger partial charge is 0.493 e. The van der Waals surface area contributed by atoms with Crippen molar-refractivity contribution in [3.63, 3.8) is 0 Å². The fraction of sp³-hybridized carbons (Fsp3) is 0.560. The summed E-state index contributed by atoms with van der Waals surface area (Å²) < 4.78 is 25.4. The zero-order valence-corrected chi connectivity index (χ0v) is 22.6. The average molecular weight is 570 g/mol. The Hall–Kier alpha value is -3.82. The minimum Gasteiger partial charge on any atom is -0.493 e. The summed E-state index contributed by atoms with van der Waals surface area (Å²) in [7, 11) is 0. The number of carboxylic acids is 2. The zero-order valence-electron chi connectivity index (χ0n) is 22.6. The molecular formula is C25H36FN5O9. The molecule has 0 unspecified atom stereocenters. The highest BCUT2D eigenvalue weighted by Crippen LogP contribution is 2.20. The number of piperazine rings is 1. The monoisotopic (exact) mass is 569 g/mol. The summed E-state index contributed by atoms with van der Waals surface area (Å²) in [6.45, 7) is 9.30. The highest BCUT2D eigenvalue weighted by molar-refractivity contribution is 6.27. The number of aliphatic hydroxyl groups is 2. The molecule has 15 heteroatoms. The minimum absolute atomic E-state index is 0.148. The highest BCUT2D eigenvalue weighted by atomic mass is 19.1. The van der Waals surface area contributed by atoms with Gasteiger partial charge in [-0.1, -0.05) is 19.0 Å². The van der Waals surface area contributed by atoms with E-state index in [0.29, 0.717) is 24.2 Å². The first kappa shape index (κ1) is 32.4. The first-order valence-electron chi connectivity index (χ1n) is 12.7. The van der Waals surface area contributed by atoms with Crippen molar-refractivity contribution in [1.82, 2.24) is 20.4 Å². The maximum absolute atomic E-state index is 14.3. The Morgan fingerprint density at radius 3 is 2.30 bits per heavy atom. The first-order valence-corrected chi connectivity index (χ1v) is 12.7. The van der Waals surface area contributed by atoms with E-state index in [9.17, 15) is 14.3 Å². The van der Waals surface area contributed by atoms with Crippen LogP contribution in [0, 0.1) is 5.82 Å². The quantitative estimate of drug-likeness (QED) is 0.235. The van der Waals surface area contributed by atoms with E-state index >= 15 is 0 Å². The molecule has 2 heterocycles. The summed E-state index contributed by atoms with van der Waals surface area (Å²) in [6.07, 6.45) is -0.322. The molecule has 40 heavy (non-hydrogen) atoms. The molecule has 1 saturated heterocycles. The van der Waals surface area contributed by atoms with Crippen LogP contribution in [0.4, 0.5) is 10.4 Å². The van der Waals surface area contributed by atoms with Gasteiger partial charge in [0.1, 0.15) is 11.6 Å². The first-order chi connectivity index (χ1) is 18.9. The van der Waals surface area contributed by atoms with Gasteiger partial charge >= 0.3 is 18.0 Å². The van der Waals surface area contributed by atoms with Gasteiger partial charge in [0.2, 0.25) is 0 Å². The van der Waals surface area contributed by atoms with Gasteiger partial charge < -0.3 is 39.9 Å². The number of halogens is 1. The number of carbonyl (C=O) groups excluding carboxylic acids is 1. The van der Waals surface area contributed by atoms with Crippen LogP contribution in [0.5, 0.6) is 5.75 Å². The van der Waals surface area contributed by atoms with Crippen LogP contribution >= 0.6 is 0 Å². The van der Waals surface area contributed by atoms with Gasteiger partial charge in [0, 0.05) is 50.7 Å². The lowest BCUT2D eigenvalue weighted by atomic mass is 10.1. The van der Waals surface area contributed by atoms with Gasteiger partial charge in [-0.05, 0) is 25.5 Å². The Labute approximate surface area is 230 Å². The molecule has 0 saturated carbocycles. The number of aliphatic hydroxyl groups excluding tert-OH is 2. The average Bonchev–Trinajstić information content (AvgIpc) is 3.43. The summed E-state index contributed by atoms with van der Waals surface area (Å²) >= 11 is 0. The summed E-state index contributed by atoms with van der Waals surface area (Å²) in [5.74, 6) is -3.73. The number of benzene rings is 1. The molecule has 0 bridgehead atoms. The van der Waals surface area contributed by atoms with Crippen molar-refractivity contribution in [2.24, 2.45) is 0 Å². The Bertz CT molecular complexity index is 1110. The molecule has 222 valence electrons. The lowest BCUT2D eigenvalue weighted by Crippen LogP contribution is -2.50. The topological polar surface area (TPSA) is 199 Å². The van der Waals surface area contributed by atoms with E-state index in [1.807, 2.05) is 13.8 Å². The number of nitrogens with zero attached hydrogens (tertiary/aromatic N) is 4. The van der Waals surface area contributed by atoms with Crippen LogP contribution in [0.15, 0.2) is 22.7 Å². The summed E-state index contributed by atoms with van der Waals surface area (Å²) in [6, 6.07) is 4.92. The van der Waals surface area contributed by atoms with Gasteiger partial charge in [-0.2, -0.15) is 4.98 Å². The third kappa shape index (κ3) is 10.1. The molecule has 14 nitrogen and oxygen atoms in total. The molecular weight excluding hydrogens is 533 g/mol. The van der Waals surface area contributed by atoms with Crippen molar-refractivity contribution in [3.05, 3.63) is 35.4 Å². The number of carbonyl (C=O) groups is 3. The van der Waals surface area contributed by atoms with Gasteiger partial charge in [0.25, 0.3) is 5.91 Å². The van der Waals surface area contributed by atoms with Crippen LogP contribution < -0.4 is 15.0 Å². The van der Waals surface area contributed by atoms with Crippen molar-refractivity contribution in [2.45, 2.75) is 45.3 Å².